The lowest BCUT2D eigenvalue weighted by Crippen LogP contribution is -2.27. The zero-order valence-corrected chi connectivity index (χ0v) is 10.3. The quantitative estimate of drug-likeness (QED) is 0.871. The molecule has 1 fully saturated rings. The third-order valence-electron chi connectivity index (χ3n) is 2.91. The molecule has 1 aliphatic rings. The first-order chi connectivity index (χ1) is 6.59. The van der Waals surface area contributed by atoms with E-state index in [-0.39, 0.29) is 0 Å². The van der Waals surface area contributed by atoms with Crippen molar-refractivity contribution in [1.29, 1.82) is 0 Å². The monoisotopic (exact) mass is 253 g/mol. The molecular formula is C12H16BrN. The van der Waals surface area contributed by atoms with Crippen LogP contribution in [0.2, 0.25) is 0 Å². The molecule has 0 spiro atoms. The number of aryl methyl sites for hydroxylation is 1. The summed E-state index contributed by atoms with van der Waals surface area (Å²) in [4.78, 5) is 0. The molecule has 0 amide bonds. The number of rotatable bonds is 3. The van der Waals surface area contributed by atoms with Crippen LogP contribution in [-0.2, 0) is 6.54 Å². The number of hydrogen-bond donors (Lipinski definition) is 1. The Kier molecular flexibility index (Phi) is 2.67. The molecule has 2 heteroatoms. The summed E-state index contributed by atoms with van der Waals surface area (Å²) in [5.74, 6) is 0. The van der Waals surface area contributed by atoms with E-state index in [4.69, 9.17) is 0 Å². The molecule has 1 nitrogen and oxygen atoms in total. The highest BCUT2D eigenvalue weighted by Crippen LogP contribution is 2.34. The number of benzene rings is 1. The summed E-state index contributed by atoms with van der Waals surface area (Å²) in [5, 5.41) is 3.58. The largest absolute Gasteiger partial charge is 0.307 e. The van der Waals surface area contributed by atoms with Crippen LogP contribution in [0.4, 0.5) is 0 Å². The van der Waals surface area contributed by atoms with Crippen molar-refractivity contribution in [1.82, 2.24) is 5.32 Å². The predicted molar refractivity (Wildman–Crippen MR) is 63.4 cm³/mol. The van der Waals surface area contributed by atoms with Crippen molar-refractivity contribution >= 4 is 15.9 Å². The highest BCUT2D eigenvalue weighted by molar-refractivity contribution is 9.10. The SMILES string of the molecule is Cc1ccc(CNC2(C)CC2)c(Br)c1. The van der Waals surface area contributed by atoms with E-state index in [9.17, 15) is 0 Å². The Labute approximate surface area is 94.0 Å². The van der Waals surface area contributed by atoms with Crippen molar-refractivity contribution < 1.29 is 0 Å². The Hall–Kier alpha value is -0.340. The van der Waals surface area contributed by atoms with Gasteiger partial charge in [-0.25, -0.2) is 0 Å². The summed E-state index contributed by atoms with van der Waals surface area (Å²) in [6, 6.07) is 6.53. The van der Waals surface area contributed by atoms with E-state index < -0.39 is 0 Å². The molecule has 0 bridgehead atoms. The Balaban J connectivity index is 2.02. The fourth-order valence-corrected chi connectivity index (χ4v) is 2.10. The van der Waals surface area contributed by atoms with E-state index in [0.29, 0.717) is 5.54 Å². The second-order valence-electron chi connectivity index (χ2n) is 4.51. The molecule has 2 rings (SSSR count). The minimum atomic E-state index is 0.421. The van der Waals surface area contributed by atoms with Gasteiger partial charge in [-0.05, 0) is 43.9 Å². The summed E-state index contributed by atoms with van der Waals surface area (Å²) in [7, 11) is 0. The van der Waals surface area contributed by atoms with Gasteiger partial charge in [-0.2, -0.15) is 0 Å². The molecule has 1 aliphatic carbocycles. The number of hydrogen-bond acceptors (Lipinski definition) is 1. The summed E-state index contributed by atoms with van der Waals surface area (Å²) >= 11 is 3.60. The van der Waals surface area contributed by atoms with E-state index >= 15 is 0 Å². The van der Waals surface area contributed by atoms with Crippen LogP contribution in [0.25, 0.3) is 0 Å². The van der Waals surface area contributed by atoms with E-state index in [2.05, 4.69) is 53.3 Å². The summed E-state index contributed by atoms with van der Waals surface area (Å²) in [6.07, 6.45) is 2.63. The molecule has 0 heterocycles. The van der Waals surface area contributed by atoms with Gasteiger partial charge in [0.2, 0.25) is 0 Å². The second kappa shape index (κ2) is 3.67. The third kappa shape index (κ3) is 2.37. The maximum Gasteiger partial charge on any atom is 0.0222 e. The highest BCUT2D eigenvalue weighted by atomic mass is 79.9. The summed E-state index contributed by atoms with van der Waals surface area (Å²) in [5.41, 5.74) is 3.08. The van der Waals surface area contributed by atoms with Crippen LogP contribution in [0.15, 0.2) is 22.7 Å². The number of nitrogens with one attached hydrogen (secondary N) is 1. The van der Waals surface area contributed by atoms with E-state index in [1.807, 2.05) is 0 Å². The van der Waals surface area contributed by atoms with Crippen LogP contribution in [-0.4, -0.2) is 5.54 Å². The van der Waals surface area contributed by atoms with Gasteiger partial charge in [-0.3, -0.25) is 0 Å². The molecule has 0 unspecified atom stereocenters. The highest BCUT2D eigenvalue weighted by Gasteiger charge is 2.36. The molecule has 76 valence electrons. The van der Waals surface area contributed by atoms with Gasteiger partial charge in [0.25, 0.3) is 0 Å². The molecule has 1 saturated carbocycles. The van der Waals surface area contributed by atoms with Gasteiger partial charge >= 0.3 is 0 Å². The van der Waals surface area contributed by atoms with Crippen LogP contribution in [0.3, 0.4) is 0 Å². The first kappa shape index (κ1) is 10.2. The van der Waals surface area contributed by atoms with E-state index in [0.717, 1.165) is 6.54 Å². The first-order valence-electron chi connectivity index (χ1n) is 5.09. The molecule has 0 aliphatic heterocycles. The Morgan fingerprint density at radius 3 is 2.71 bits per heavy atom. The number of halogens is 1. The Bertz CT molecular complexity index is 342. The Morgan fingerprint density at radius 2 is 2.14 bits per heavy atom. The van der Waals surface area contributed by atoms with E-state index in [1.165, 1.54) is 28.4 Å². The second-order valence-corrected chi connectivity index (χ2v) is 5.36. The van der Waals surface area contributed by atoms with Gasteiger partial charge in [0.15, 0.2) is 0 Å². The molecule has 1 N–H and O–H groups in total. The van der Waals surface area contributed by atoms with Gasteiger partial charge in [0.05, 0.1) is 0 Å². The van der Waals surface area contributed by atoms with Gasteiger partial charge in [-0.1, -0.05) is 28.1 Å². The fraction of sp³-hybridized carbons (Fsp3) is 0.500. The van der Waals surface area contributed by atoms with Crippen molar-refractivity contribution in [2.45, 2.75) is 38.8 Å². The summed E-state index contributed by atoms with van der Waals surface area (Å²) < 4.78 is 1.22. The average Bonchev–Trinajstić information content (AvgIpc) is 2.83. The van der Waals surface area contributed by atoms with Crippen LogP contribution < -0.4 is 5.32 Å². The minimum absolute atomic E-state index is 0.421. The molecule has 0 radical (unpaired) electrons. The van der Waals surface area contributed by atoms with E-state index in [1.54, 1.807) is 0 Å². The van der Waals surface area contributed by atoms with Crippen molar-refractivity contribution in [2.24, 2.45) is 0 Å². The normalized spacial score (nSPS) is 18.2. The zero-order chi connectivity index (χ0) is 10.2. The Morgan fingerprint density at radius 1 is 1.43 bits per heavy atom. The molecule has 0 atom stereocenters. The minimum Gasteiger partial charge on any atom is -0.307 e. The van der Waals surface area contributed by atoms with Gasteiger partial charge in [0.1, 0.15) is 0 Å². The third-order valence-corrected chi connectivity index (χ3v) is 3.65. The van der Waals surface area contributed by atoms with Crippen LogP contribution in [0.5, 0.6) is 0 Å². The first-order valence-corrected chi connectivity index (χ1v) is 5.88. The molecule has 1 aromatic carbocycles. The maximum absolute atomic E-state index is 3.60. The molecule has 0 aromatic heterocycles. The molecule has 0 saturated heterocycles. The smallest absolute Gasteiger partial charge is 0.0222 e. The molecular weight excluding hydrogens is 238 g/mol. The van der Waals surface area contributed by atoms with Crippen molar-refractivity contribution in [3.05, 3.63) is 33.8 Å². The molecule has 14 heavy (non-hydrogen) atoms. The van der Waals surface area contributed by atoms with Crippen LogP contribution in [0.1, 0.15) is 30.9 Å². The van der Waals surface area contributed by atoms with Gasteiger partial charge in [0, 0.05) is 16.6 Å². The van der Waals surface area contributed by atoms with Crippen molar-refractivity contribution in [3.8, 4) is 0 Å². The average molecular weight is 254 g/mol. The molecule has 1 aromatic rings. The summed E-state index contributed by atoms with van der Waals surface area (Å²) in [6.45, 7) is 5.37. The standard InChI is InChI=1S/C12H16BrN/c1-9-3-4-10(11(13)7-9)8-14-12(2)5-6-12/h3-4,7,14H,5-6,8H2,1-2H3. The van der Waals surface area contributed by atoms with Crippen molar-refractivity contribution in [3.63, 3.8) is 0 Å². The fourth-order valence-electron chi connectivity index (χ4n) is 1.47. The zero-order valence-electron chi connectivity index (χ0n) is 8.73. The lowest BCUT2D eigenvalue weighted by atomic mass is 10.1. The predicted octanol–water partition coefficient (Wildman–Crippen LogP) is 3.40. The van der Waals surface area contributed by atoms with Crippen LogP contribution >= 0.6 is 15.9 Å². The van der Waals surface area contributed by atoms with Crippen LogP contribution in [0, 0.1) is 6.92 Å². The lowest BCUT2D eigenvalue weighted by Gasteiger charge is -2.12. The van der Waals surface area contributed by atoms with Crippen molar-refractivity contribution in [2.75, 3.05) is 0 Å². The topological polar surface area (TPSA) is 12.0 Å². The van der Waals surface area contributed by atoms with Gasteiger partial charge < -0.3 is 5.32 Å². The lowest BCUT2D eigenvalue weighted by molar-refractivity contribution is 0.537. The van der Waals surface area contributed by atoms with Gasteiger partial charge in [-0.15, -0.1) is 0 Å². The maximum atomic E-state index is 3.60.